The van der Waals surface area contributed by atoms with Crippen LogP contribution < -0.4 is 11.5 Å². The highest BCUT2D eigenvalue weighted by Crippen LogP contribution is 2.31. The lowest BCUT2D eigenvalue weighted by Gasteiger charge is -2.19. The van der Waals surface area contributed by atoms with Gasteiger partial charge >= 0.3 is 0 Å². The summed E-state index contributed by atoms with van der Waals surface area (Å²) in [5, 5.41) is 12.4. The van der Waals surface area contributed by atoms with Crippen molar-refractivity contribution in [1.29, 1.82) is 0 Å². The molecule has 1 atom stereocenters. The van der Waals surface area contributed by atoms with Gasteiger partial charge in [-0.25, -0.2) is 4.68 Å². The Labute approximate surface area is 110 Å². The van der Waals surface area contributed by atoms with E-state index in [1.807, 2.05) is 4.68 Å². The third kappa shape index (κ3) is 2.81. The van der Waals surface area contributed by atoms with Crippen LogP contribution in [-0.2, 0) is 4.79 Å². The van der Waals surface area contributed by atoms with Gasteiger partial charge in [0.05, 0.1) is 6.04 Å². The number of hydrogen-bond donors (Lipinski definition) is 2. The molecule has 1 aliphatic rings. The van der Waals surface area contributed by atoms with Crippen LogP contribution in [0.15, 0.2) is 5.16 Å². The van der Waals surface area contributed by atoms with Gasteiger partial charge in [-0.1, -0.05) is 24.6 Å². The monoisotopic (exact) mass is 270 g/mol. The first-order valence-corrected chi connectivity index (χ1v) is 6.99. The van der Waals surface area contributed by atoms with Gasteiger partial charge in [-0.3, -0.25) is 4.79 Å². The topological polar surface area (TPSA) is 113 Å². The van der Waals surface area contributed by atoms with Crippen LogP contribution in [-0.4, -0.2) is 37.4 Å². The number of thioether (sulfide) groups is 1. The van der Waals surface area contributed by atoms with Gasteiger partial charge in [0.25, 0.3) is 0 Å². The van der Waals surface area contributed by atoms with Gasteiger partial charge in [0.2, 0.25) is 11.1 Å². The number of carbonyl (C=O) groups excluding carboxylic acids is 1. The van der Waals surface area contributed by atoms with Crippen molar-refractivity contribution in [3.05, 3.63) is 0 Å². The zero-order valence-electron chi connectivity index (χ0n) is 10.4. The second kappa shape index (κ2) is 5.23. The highest BCUT2D eigenvalue weighted by atomic mass is 32.2. The summed E-state index contributed by atoms with van der Waals surface area (Å²) < 4.78 is 1.84. The molecule has 0 aliphatic heterocycles. The number of aromatic nitrogens is 4. The molecule has 1 fully saturated rings. The molecule has 0 saturated heterocycles. The molecule has 1 aromatic heterocycles. The number of nitrogens with zero attached hydrogens (tertiary/aromatic N) is 4. The molecule has 7 nitrogen and oxygen atoms in total. The summed E-state index contributed by atoms with van der Waals surface area (Å²) in [7, 11) is 0. The Hall–Kier alpha value is -1.15. The SMILES string of the molecule is CC(N)(CSc1nnnn1C1CCCC1)C(N)=O. The van der Waals surface area contributed by atoms with Crippen molar-refractivity contribution in [2.45, 2.75) is 49.3 Å². The summed E-state index contributed by atoms with van der Waals surface area (Å²) in [6, 6.07) is 0.375. The normalized spacial score (nSPS) is 19.9. The van der Waals surface area contributed by atoms with Crippen LogP contribution >= 0.6 is 11.8 Å². The maximum atomic E-state index is 11.1. The van der Waals surface area contributed by atoms with Crippen LogP contribution in [0.2, 0.25) is 0 Å². The number of tetrazole rings is 1. The Kier molecular flexibility index (Phi) is 3.86. The minimum absolute atomic E-state index is 0.370. The van der Waals surface area contributed by atoms with E-state index in [1.165, 1.54) is 24.6 Å². The summed E-state index contributed by atoms with van der Waals surface area (Å²) in [6.07, 6.45) is 4.64. The minimum Gasteiger partial charge on any atom is -0.368 e. The fourth-order valence-electron chi connectivity index (χ4n) is 1.94. The molecule has 1 unspecified atom stereocenters. The maximum absolute atomic E-state index is 11.1. The van der Waals surface area contributed by atoms with Crippen molar-refractivity contribution in [1.82, 2.24) is 20.2 Å². The van der Waals surface area contributed by atoms with Crippen molar-refractivity contribution in [2.24, 2.45) is 11.5 Å². The number of rotatable bonds is 5. The second-order valence-corrected chi connectivity index (χ2v) is 5.86. The van der Waals surface area contributed by atoms with Gasteiger partial charge in [-0.2, -0.15) is 0 Å². The van der Waals surface area contributed by atoms with Gasteiger partial charge in [-0.05, 0) is 30.2 Å². The predicted molar refractivity (Wildman–Crippen MR) is 67.8 cm³/mol. The molecule has 1 heterocycles. The average Bonchev–Trinajstić information content (AvgIpc) is 2.96. The number of hydrogen-bond acceptors (Lipinski definition) is 6. The molecule has 1 aromatic rings. The predicted octanol–water partition coefficient (Wildman–Crippen LogP) is 0.0830. The zero-order valence-corrected chi connectivity index (χ0v) is 11.2. The van der Waals surface area contributed by atoms with Crippen LogP contribution in [0, 0.1) is 0 Å². The largest absolute Gasteiger partial charge is 0.368 e. The van der Waals surface area contributed by atoms with Gasteiger partial charge in [-0.15, -0.1) is 5.10 Å². The quantitative estimate of drug-likeness (QED) is 0.733. The molecular weight excluding hydrogens is 252 g/mol. The van der Waals surface area contributed by atoms with Gasteiger partial charge in [0, 0.05) is 5.75 Å². The maximum Gasteiger partial charge on any atom is 0.238 e. The van der Waals surface area contributed by atoms with Gasteiger partial charge < -0.3 is 11.5 Å². The number of carbonyl (C=O) groups is 1. The smallest absolute Gasteiger partial charge is 0.238 e. The summed E-state index contributed by atoms with van der Waals surface area (Å²) in [4.78, 5) is 11.1. The van der Waals surface area contributed by atoms with Crippen molar-refractivity contribution in [2.75, 3.05) is 5.75 Å². The molecule has 0 aromatic carbocycles. The van der Waals surface area contributed by atoms with E-state index >= 15 is 0 Å². The van der Waals surface area contributed by atoms with E-state index in [2.05, 4.69) is 15.5 Å². The molecule has 18 heavy (non-hydrogen) atoms. The Balaban J connectivity index is 2.02. The fourth-order valence-corrected chi connectivity index (χ4v) is 2.93. The number of primary amides is 1. The summed E-state index contributed by atoms with van der Waals surface area (Å²) in [5.41, 5.74) is 10.00. The van der Waals surface area contributed by atoms with Crippen molar-refractivity contribution >= 4 is 17.7 Å². The highest BCUT2D eigenvalue weighted by molar-refractivity contribution is 7.99. The molecule has 1 aliphatic carbocycles. The zero-order chi connectivity index (χ0) is 13.2. The first kappa shape index (κ1) is 13.3. The lowest BCUT2D eigenvalue weighted by Crippen LogP contribution is -2.51. The van der Waals surface area contributed by atoms with E-state index in [0.717, 1.165) is 12.8 Å². The average molecular weight is 270 g/mol. The summed E-state index contributed by atoms with van der Waals surface area (Å²) >= 11 is 1.38. The van der Waals surface area contributed by atoms with E-state index in [0.29, 0.717) is 17.0 Å². The Morgan fingerprint density at radius 1 is 1.56 bits per heavy atom. The molecule has 1 saturated carbocycles. The molecule has 1 amide bonds. The summed E-state index contributed by atoms with van der Waals surface area (Å²) in [5.74, 6) is -0.148. The van der Waals surface area contributed by atoms with Gasteiger partial charge in [0.15, 0.2) is 0 Å². The molecular formula is C10H18N6OS. The van der Waals surface area contributed by atoms with E-state index < -0.39 is 11.4 Å². The summed E-state index contributed by atoms with van der Waals surface area (Å²) in [6.45, 7) is 1.62. The Morgan fingerprint density at radius 3 is 2.83 bits per heavy atom. The molecule has 4 N–H and O–H groups in total. The first-order chi connectivity index (χ1) is 8.50. The van der Waals surface area contributed by atoms with E-state index in [9.17, 15) is 4.79 Å². The molecule has 2 rings (SSSR count). The van der Waals surface area contributed by atoms with Gasteiger partial charge in [0.1, 0.15) is 5.54 Å². The molecule has 0 radical (unpaired) electrons. The van der Waals surface area contributed by atoms with Crippen molar-refractivity contribution in [3.63, 3.8) is 0 Å². The molecule has 0 bridgehead atoms. The third-order valence-electron chi connectivity index (χ3n) is 3.20. The Morgan fingerprint density at radius 2 is 2.22 bits per heavy atom. The van der Waals surface area contributed by atoms with Crippen LogP contribution in [0.25, 0.3) is 0 Å². The molecule has 8 heteroatoms. The first-order valence-electron chi connectivity index (χ1n) is 6.00. The number of amides is 1. The molecule has 100 valence electrons. The van der Waals surface area contributed by atoms with Crippen molar-refractivity contribution in [3.8, 4) is 0 Å². The van der Waals surface area contributed by atoms with Crippen LogP contribution in [0.5, 0.6) is 0 Å². The minimum atomic E-state index is -1.04. The van der Waals surface area contributed by atoms with Crippen molar-refractivity contribution < 1.29 is 4.79 Å². The van der Waals surface area contributed by atoms with E-state index in [-0.39, 0.29) is 0 Å². The standard InChI is InChI=1S/C10H18N6OS/c1-10(12,8(11)17)6-18-9-13-14-15-16(9)7-4-2-3-5-7/h7H,2-6,12H2,1H3,(H2,11,17). The lowest BCUT2D eigenvalue weighted by molar-refractivity contribution is -0.121. The number of nitrogens with two attached hydrogens (primary N) is 2. The second-order valence-electron chi connectivity index (χ2n) is 4.91. The Bertz CT molecular complexity index is 426. The lowest BCUT2D eigenvalue weighted by atomic mass is 10.1. The molecule has 0 spiro atoms. The van der Waals surface area contributed by atoms with E-state index in [1.54, 1.807) is 6.92 Å². The van der Waals surface area contributed by atoms with Crippen LogP contribution in [0.4, 0.5) is 0 Å². The fraction of sp³-hybridized carbons (Fsp3) is 0.800. The van der Waals surface area contributed by atoms with E-state index in [4.69, 9.17) is 11.5 Å². The van der Waals surface area contributed by atoms with Crippen LogP contribution in [0.1, 0.15) is 38.6 Å². The third-order valence-corrected chi connectivity index (χ3v) is 4.47. The highest BCUT2D eigenvalue weighted by Gasteiger charge is 2.28. The van der Waals surface area contributed by atoms with Crippen LogP contribution in [0.3, 0.4) is 0 Å².